The first kappa shape index (κ1) is 22.6. The first-order chi connectivity index (χ1) is 14.2. The van der Waals surface area contributed by atoms with E-state index in [9.17, 15) is 5.11 Å². The van der Waals surface area contributed by atoms with E-state index < -0.39 is 0 Å². The Morgan fingerprint density at radius 2 is 1.87 bits per heavy atom. The van der Waals surface area contributed by atoms with Crippen LogP contribution in [-0.2, 0) is 0 Å². The second-order valence-corrected chi connectivity index (χ2v) is 12.5. The largest absolute Gasteiger partial charge is 0.393 e. The molecule has 30 heavy (non-hydrogen) atoms. The molecule has 4 aliphatic rings. The van der Waals surface area contributed by atoms with Crippen LogP contribution in [0.4, 0.5) is 0 Å². The Kier molecular flexibility index (Phi) is 6.35. The third kappa shape index (κ3) is 3.66. The van der Waals surface area contributed by atoms with E-state index in [0.717, 1.165) is 48.3 Å². The highest BCUT2D eigenvalue weighted by Crippen LogP contribution is 2.65. The van der Waals surface area contributed by atoms with Gasteiger partial charge in [-0.2, -0.15) is 0 Å². The predicted molar refractivity (Wildman–Crippen MR) is 128 cm³/mol. The molecule has 0 spiro atoms. The molecule has 170 valence electrons. The minimum atomic E-state index is -0.104. The molecule has 4 aliphatic carbocycles. The summed E-state index contributed by atoms with van der Waals surface area (Å²) in [6.45, 7) is 14.9. The Labute approximate surface area is 186 Å². The molecular formula is C29H48O. The molecule has 1 nitrogen and oxygen atoms in total. The summed E-state index contributed by atoms with van der Waals surface area (Å²) in [5.74, 6) is 5.78. The maximum Gasteiger partial charge on any atom is 0.0577 e. The molecule has 2 fully saturated rings. The normalized spacial score (nSPS) is 44.8. The summed E-state index contributed by atoms with van der Waals surface area (Å²) >= 11 is 0. The summed E-state index contributed by atoms with van der Waals surface area (Å²) in [7, 11) is 0. The monoisotopic (exact) mass is 412 g/mol. The van der Waals surface area contributed by atoms with Crippen LogP contribution in [0.2, 0.25) is 0 Å². The number of hydrogen-bond donors (Lipinski definition) is 1. The van der Waals surface area contributed by atoms with E-state index in [1.54, 1.807) is 5.57 Å². The zero-order valence-electron chi connectivity index (χ0n) is 20.7. The Hall–Kier alpha value is -0.560. The molecule has 0 saturated heterocycles. The van der Waals surface area contributed by atoms with Crippen molar-refractivity contribution in [3.05, 3.63) is 23.8 Å². The van der Waals surface area contributed by atoms with Gasteiger partial charge in [0.1, 0.15) is 0 Å². The van der Waals surface area contributed by atoms with E-state index in [1.807, 2.05) is 0 Å². The summed E-state index contributed by atoms with van der Waals surface area (Å²) in [6, 6.07) is 0. The molecule has 0 amide bonds. The molecule has 0 heterocycles. The average molecular weight is 413 g/mol. The number of aliphatic hydroxyl groups excluding tert-OH is 1. The van der Waals surface area contributed by atoms with Gasteiger partial charge in [-0.15, -0.1) is 0 Å². The highest BCUT2D eigenvalue weighted by atomic mass is 16.3. The second kappa shape index (κ2) is 8.42. The van der Waals surface area contributed by atoms with Gasteiger partial charge in [0.15, 0.2) is 0 Å². The van der Waals surface area contributed by atoms with Crippen LogP contribution >= 0.6 is 0 Å². The smallest absolute Gasteiger partial charge is 0.0577 e. The second-order valence-electron chi connectivity index (χ2n) is 12.5. The van der Waals surface area contributed by atoms with Crippen molar-refractivity contribution in [2.45, 2.75) is 105 Å². The van der Waals surface area contributed by atoms with Gasteiger partial charge in [0.25, 0.3) is 0 Å². The van der Waals surface area contributed by atoms with Gasteiger partial charge < -0.3 is 5.11 Å². The quantitative estimate of drug-likeness (QED) is 0.441. The Balaban J connectivity index is 1.51. The van der Waals surface area contributed by atoms with Gasteiger partial charge in [-0.3, -0.25) is 0 Å². The fraction of sp³-hybridized carbons (Fsp3) is 0.862. The summed E-state index contributed by atoms with van der Waals surface area (Å²) in [5, 5.41) is 10.2. The van der Waals surface area contributed by atoms with E-state index in [0.29, 0.717) is 16.7 Å². The van der Waals surface area contributed by atoms with Crippen molar-refractivity contribution >= 4 is 0 Å². The number of aliphatic hydroxyl groups is 1. The molecule has 0 aromatic carbocycles. The third-order valence-electron chi connectivity index (χ3n) is 10.7. The maximum absolute atomic E-state index is 10.2. The van der Waals surface area contributed by atoms with Gasteiger partial charge in [0.2, 0.25) is 0 Å². The molecule has 9 unspecified atom stereocenters. The molecule has 4 rings (SSSR count). The lowest BCUT2D eigenvalue weighted by Gasteiger charge is -2.55. The van der Waals surface area contributed by atoms with Crippen LogP contribution in [0.1, 0.15) is 99.3 Å². The summed E-state index contributed by atoms with van der Waals surface area (Å²) in [6.07, 6.45) is 19.2. The maximum atomic E-state index is 10.2. The minimum Gasteiger partial charge on any atom is -0.393 e. The Morgan fingerprint density at radius 1 is 1.10 bits per heavy atom. The minimum absolute atomic E-state index is 0.104. The van der Waals surface area contributed by atoms with Crippen molar-refractivity contribution in [1.82, 2.24) is 0 Å². The number of hydrogen-bond acceptors (Lipinski definition) is 1. The number of rotatable bonds is 6. The molecule has 0 aromatic heterocycles. The molecule has 2 saturated carbocycles. The van der Waals surface area contributed by atoms with E-state index in [-0.39, 0.29) is 6.10 Å². The predicted octanol–water partition coefficient (Wildman–Crippen LogP) is 7.80. The fourth-order valence-electron chi connectivity index (χ4n) is 8.65. The number of fused-ring (bicyclic) bond motifs is 5. The van der Waals surface area contributed by atoms with Crippen LogP contribution in [-0.4, -0.2) is 11.2 Å². The lowest BCUT2D eigenvalue weighted by Crippen LogP contribution is -2.48. The van der Waals surface area contributed by atoms with Crippen molar-refractivity contribution in [3.8, 4) is 0 Å². The SMILES string of the molecule is CCC(CCC(C)C1CCC2C3CC=C4CC(O)CCC4(C)C3C=CC12C)C(C)C. The van der Waals surface area contributed by atoms with E-state index in [1.165, 1.54) is 44.9 Å². The van der Waals surface area contributed by atoms with Crippen LogP contribution in [0.25, 0.3) is 0 Å². The van der Waals surface area contributed by atoms with E-state index in [4.69, 9.17) is 0 Å². The van der Waals surface area contributed by atoms with Crippen molar-refractivity contribution < 1.29 is 5.11 Å². The molecule has 0 radical (unpaired) electrons. The standard InChI is InChI=1S/C29H48O/c1-7-21(19(2)3)9-8-20(4)25-12-13-26-24-11-10-22-18-23(30)14-16-28(22,5)27(24)15-17-29(25,26)6/h10,15,17,19-21,23-27,30H,7-9,11-14,16,18H2,1-6H3. The van der Waals surface area contributed by atoms with Crippen LogP contribution < -0.4 is 0 Å². The van der Waals surface area contributed by atoms with Gasteiger partial charge in [-0.1, -0.05) is 78.2 Å². The lowest BCUT2D eigenvalue weighted by atomic mass is 9.49. The number of allylic oxidation sites excluding steroid dienone is 3. The Bertz CT molecular complexity index is 674. The van der Waals surface area contributed by atoms with Crippen LogP contribution in [0, 0.1) is 52.3 Å². The summed E-state index contributed by atoms with van der Waals surface area (Å²) in [5.41, 5.74) is 2.27. The summed E-state index contributed by atoms with van der Waals surface area (Å²) in [4.78, 5) is 0. The molecule has 0 aromatic rings. The van der Waals surface area contributed by atoms with Gasteiger partial charge in [0.05, 0.1) is 6.10 Å². The van der Waals surface area contributed by atoms with Crippen molar-refractivity contribution in [2.75, 3.05) is 0 Å². The highest BCUT2D eigenvalue weighted by molar-refractivity contribution is 5.30. The van der Waals surface area contributed by atoms with E-state index in [2.05, 4.69) is 59.8 Å². The van der Waals surface area contributed by atoms with Crippen molar-refractivity contribution in [1.29, 1.82) is 0 Å². The van der Waals surface area contributed by atoms with Crippen LogP contribution in [0.5, 0.6) is 0 Å². The zero-order valence-corrected chi connectivity index (χ0v) is 20.7. The molecule has 1 N–H and O–H groups in total. The highest BCUT2D eigenvalue weighted by Gasteiger charge is 2.57. The molecule has 1 heteroatoms. The topological polar surface area (TPSA) is 20.2 Å². The van der Waals surface area contributed by atoms with Crippen molar-refractivity contribution in [2.24, 2.45) is 52.3 Å². The van der Waals surface area contributed by atoms with Gasteiger partial charge in [-0.25, -0.2) is 0 Å². The van der Waals surface area contributed by atoms with Gasteiger partial charge in [-0.05, 0) is 97.2 Å². The molecule has 9 atom stereocenters. The Morgan fingerprint density at radius 3 is 2.57 bits per heavy atom. The molecular weight excluding hydrogens is 364 g/mol. The first-order valence-corrected chi connectivity index (χ1v) is 13.3. The molecule has 0 aliphatic heterocycles. The van der Waals surface area contributed by atoms with Crippen molar-refractivity contribution in [3.63, 3.8) is 0 Å². The fourth-order valence-corrected chi connectivity index (χ4v) is 8.65. The zero-order chi connectivity index (χ0) is 21.7. The molecule has 0 bridgehead atoms. The van der Waals surface area contributed by atoms with Gasteiger partial charge in [0, 0.05) is 0 Å². The van der Waals surface area contributed by atoms with Crippen LogP contribution in [0.3, 0.4) is 0 Å². The van der Waals surface area contributed by atoms with E-state index >= 15 is 0 Å². The lowest BCUT2D eigenvalue weighted by molar-refractivity contribution is 0.0179. The average Bonchev–Trinajstić information content (AvgIpc) is 3.06. The summed E-state index contributed by atoms with van der Waals surface area (Å²) < 4.78 is 0. The third-order valence-corrected chi connectivity index (χ3v) is 10.7. The first-order valence-electron chi connectivity index (χ1n) is 13.3. The van der Waals surface area contributed by atoms with Gasteiger partial charge >= 0.3 is 0 Å². The van der Waals surface area contributed by atoms with Crippen LogP contribution in [0.15, 0.2) is 23.8 Å².